The van der Waals surface area contributed by atoms with Crippen molar-refractivity contribution in [3.63, 3.8) is 0 Å². The summed E-state index contributed by atoms with van der Waals surface area (Å²) in [6, 6.07) is 17.4. The summed E-state index contributed by atoms with van der Waals surface area (Å²) in [6.45, 7) is 12.8. The highest BCUT2D eigenvalue weighted by Gasteiger charge is 2.45. The zero-order valence-electron chi connectivity index (χ0n) is 19.3. The third-order valence-corrected chi connectivity index (χ3v) is 7.51. The standard InChI is InChI=1S/C28H30N2O/c1-17-25-21(27(2,3)15-28(25,4)5)14-22-26(17)29(6)16-30(22)18-11-12-20-19-9-7-8-10-23(19)31-24(20)13-18/h7-14H,15-16H2,1-6H3. The van der Waals surface area contributed by atoms with Crippen molar-refractivity contribution in [1.29, 1.82) is 0 Å². The van der Waals surface area contributed by atoms with Gasteiger partial charge >= 0.3 is 0 Å². The van der Waals surface area contributed by atoms with Crippen LogP contribution in [0.2, 0.25) is 0 Å². The molecule has 2 aliphatic rings. The van der Waals surface area contributed by atoms with Gasteiger partial charge in [-0.05, 0) is 65.1 Å². The molecule has 0 unspecified atom stereocenters. The van der Waals surface area contributed by atoms with Crippen LogP contribution in [0.15, 0.2) is 52.9 Å². The van der Waals surface area contributed by atoms with Crippen molar-refractivity contribution in [2.75, 3.05) is 23.5 Å². The summed E-state index contributed by atoms with van der Waals surface area (Å²) in [5.41, 5.74) is 10.7. The minimum atomic E-state index is 0.189. The van der Waals surface area contributed by atoms with E-state index in [4.69, 9.17) is 4.42 Å². The highest BCUT2D eigenvalue weighted by Crippen LogP contribution is 2.56. The Morgan fingerprint density at radius 2 is 1.61 bits per heavy atom. The molecule has 0 bridgehead atoms. The van der Waals surface area contributed by atoms with Crippen molar-refractivity contribution in [2.45, 2.75) is 51.9 Å². The molecule has 0 atom stereocenters. The fourth-order valence-corrected chi connectivity index (χ4v) is 6.63. The Morgan fingerprint density at radius 1 is 0.871 bits per heavy atom. The van der Waals surface area contributed by atoms with Crippen LogP contribution < -0.4 is 9.80 Å². The van der Waals surface area contributed by atoms with Crippen molar-refractivity contribution < 1.29 is 4.42 Å². The summed E-state index contributed by atoms with van der Waals surface area (Å²) >= 11 is 0. The molecule has 3 heteroatoms. The average molecular weight is 411 g/mol. The monoisotopic (exact) mass is 410 g/mol. The summed E-state index contributed by atoms with van der Waals surface area (Å²) < 4.78 is 6.19. The van der Waals surface area contributed by atoms with Crippen molar-refractivity contribution >= 4 is 39.0 Å². The van der Waals surface area contributed by atoms with Gasteiger partial charge in [0.05, 0.1) is 18.0 Å². The molecule has 31 heavy (non-hydrogen) atoms. The molecule has 0 radical (unpaired) electrons. The Labute approximate surface area is 184 Å². The summed E-state index contributed by atoms with van der Waals surface area (Å²) in [7, 11) is 2.21. The fraction of sp³-hybridized carbons (Fsp3) is 0.357. The number of benzene rings is 3. The van der Waals surface area contributed by atoms with Gasteiger partial charge in [-0.2, -0.15) is 0 Å². The first-order valence-electron chi connectivity index (χ1n) is 11.3. The molecule has 0 spiro atoms. The summed E-state index contributed by atoms with van der Waals surface area (Å²) in [5, 5.41) is 2.36. The molecule has 158 valence electrons. The van der Waals surface area contributed by atoms with E-state index in [2.05, 4.69) is 87.9 Å². The molecule has 1 aromatic heterocycles. The first kappa shape index (κ1) is 18.8. The van der Waals surface area contributed by atoms with Gasteiger partial charge in [-0.25, -0.2) is 0 Å². The van der Waals surface area contributed by atoms with E-state index < -0.39 is 0 Å². The minimum Gasteiger partial charge on any atom is -0.456 e. The number of nitrogens with zero attached hydrogens (tertiary/aromatic N) is 2. The Morgan fingerprint density at radius 3 is 2.42 bits per heavy atom. The smallest absolute Gasteiger partial charge is 0.137 e. The van der Waals surface area contributed by atoms with Crippen LogP contribution in [0, 0.1) is 6.92 Å². The summed E-state index contributed by atoms with van der Waals surface area (Å²) in [6.07, 6.45) is 1.19. The zero-order chi connectivity index (χ0) is 21.7. The second kappa shape index (κ2) is 5.85. The molecular formula is C28H30N2O. The van der Waals surface area contributed by atoms with E-state index in [1.165, 1.54) is 45.4 Å². The van der Waals surface area contributed by atoms with Crippen molar-refractivity contribution in [3.05, 3.63) is 65.2 Å². The molecule has 0 saturated heterocycles. The van der Waals surface area contributed by atoms with Gasteiger partial charge in [0.25, 0.3) is 0 Å². The maximum Gasteiger partial charge on any atom is 0.137 e. The van der Waals surface area contributed by atoms with Crippen molar-refractivity contribution in [2.24, 2.45) is 0 Å². The number of anilines is 3. The highest BCUT2D eigenvalue weighted by molar-refractivity contribution is 6.06. The molecule has 4 aromatic rings. The Balaban J connectivity index is 1.54. The lowest BCUT2D eigenvalue weighted by atomic mass is 9.81. The summed E-state index contributed by atoms with van der Waals surface area (Å²) in [5.74, 6) is 0. The third kappa shape index (κ3) is 2.46. The van der Waals surface area contributed by atoms with E-state index in [-0.39, 0.29) is 10.8 Å². The largest absolute Gasteiger partial charge is 0.456 e. The molecule has 6 rings (SSSR count). The Kier molecular flexibility index (Phi) is 3.55. The second-order valence-electron chi connectivity index (χ2n) is 10.8. The van der Waals surface area contributed by atoms with Gasteiger partial charge in [-0.15, -0.1) is 0 Å². The van der Waals surface area contributed by atoms with Gasteiger partial charge in [-0.3, -0.25) is 0 Å². The fourth-order valence-electron chi connectivity index (χ4n) is 6.63. The van der Waals surface area contributed by atoms with Gasteiger partial charge < -0.3 is 14.2 Å². The van der Waals surface area contributed by atoms with E-state index in [1.807, 2.05) is 12.1 Å². The SMILES string of the molecule is Cc1c2c(cc3c1C(C)(C)CC3(C)C)N(c1ccc3c(c1)oc1ccccc13)CN2C. The predicted molar refractivity (Wildman–Crippen MR) is 131 cm³/mol. The molecule has 0 N–H and O–H groups in total. The number of furan rings is 1. The number of fused-ring (bicyclic) bond motifs is 5. The molecule has 0 saturated carbocycles. The minimum absolute atomic E-state index is 0.189. The number of para-hydroxylation sites is 1. The maximum atomic E-state index is 6.19. The molecule has 3 aromatic carbocycles. The first-order chi connectivity index (χ1) is 14.7. The van der Waals surface area contributed by atoms with Crippen LogP contribution in [0.4, 0.5) is 17.1 Å². The van der Waals surface area contributed by atoms with Crippen LogP contribution in [0.3, 0.4) is 0 Å². The normalized spacial score (nSPS) is 18.8. The van der Waals surface area contributed by atoms with E-state index in [9.17, 15) is 0 Å². The van der Waals surface area contributed by atoms with Crippen molar-refractivity contribution in [3.8, 4) is 0 Å². The Hall–Kier alpha value is -2.94. The van der Waals surface area contributed by atoms with Crippen molar-refractivity contribution in [1.82, 2.24) is 0 Å². The van der Waals surface area contributed by atoms with E-state index in [1.54, 1.807) is 5.56 Å². The van der Waals surface area contributed by atoms with Crippen LogP contribution >= 0.6 is 0 Å². The lowest BCUT2D eigenvalue weighted by molar-refractivity contribution is 0.402. The molecule has 2 heterocycles. The highest BCUT2D eigenvalue weighted by atomic mass is 16.3. The van der Waals surface area contributed by atoms with Crippen LogP contribution in [0.5, 0.6) is 0 Å². The Bertz CT molecular complexity index is 1380. The van der Waals surface area contributed by atoms with Gasteiger partial charge in [0.1, 0.15) is 11.2 Å². The van der Waals surface area contributed by atoms with Gasteiger partial charge in [0.15, 0.2) is 0 Å². The number of hydrogen-bond donors (Lipinski definition) is 0. The number of hydrogen-bond acceptors (Lipinski definition) is 3. The zero-order valence-corrected chi connectivity index (χ0v) is 19.3. The summed E-state index contributed by atoms with van der Waals surface area (Å²) in [4.78, 5) is 4.84. The van der Waals surface area contributed by atoms with E-state index in [0.717, 1.165) is 17.8 Å². The quantitative estimate of drug-likeness (QED) is 0.326. The topological polar surface area (TPSA) is 19.6 Å². The second-order valence-corrected chi connectivity index (χ2v) is 10.8. The molecule has 3 nitrogen and oxygen atoms in total. The van der Waals surface area contributed by atoms with E-state index in [0.29, 0.717) is 0 Å². The van der Waals surface area contributed by atoms with Crippen LogP contribution in [-0.2, 0) is 10.8 Å². The third-order valence-electron chi connectivity index (χ3n) is 7.51. The lowest BCUT2D eigenvalue weighted by Crippen LogP contribution is -2.24. The molecular weight excluding hydrogens is 380 g/mol. The lowest BCUT2D eigenvalue weighted by Gasteiger charge is -2.24. The number of rotatable bonds is 1. The molecule has 1 aliphatic carbocycles. The van der Waals surface area contributed by atoms with Crippen LogP contribution in [-0.4, -0.2) is 13.7 Å². The molecule has 0 amide bonds. The first-order valence-corrected chi connectivity index (χ1v) is 11.3. The van der Waals surface area contributed by atoms with Crippen LogP contribution in [0.25, 0.3) is 21.9 Å². The molecule has 0 fully saturated rings. The average Bonchev–Trinajstić information content (AvgIpc) is 3.29. The predicted octanol–water partition coefficient (Wildman–Crippen LogP) is 7.40. The molecule has 1 aliphatic heterocycles. The van der Waals surface area contributed by atoms with Crippen LogP contribution in [0.1, 0.15) is 50.8 Å². The van der Waals surface area contributed by atoms with Gasteiger partial charge in [0, 0.05) is 29.6 Å². The van der Waals surface area contributed by atoms with Gasteiger partial charge in [-0.1, -0.05) is 45.9 Å². The van der Waals surface area contributed by atoms with Gasteiger partial charge in [0.2, 0.25) is 0 Å². The maximum absolute atomic E-state index is 6.19. The van der Waals surface area contributed by atoms with E-state index >= 15 is 0 Å².